The molecule has 5 heteroatoms. The van der Waals surface area contributed by atoms with Crippen molar-refractivity contribution in [1.29, 1.82) is 0 Å². The quantitative estimate of drug-likeness (QED) is 0.506. The number of allylic oxidation sites excluding steroid dienone is 2. The Morgan fingerprint density at radius 3 is 1.64 bits per heavy atom. The standard InChI is InChI=1S/C23H21NO4/c1-3-6-16-14-18(10-12-20(16)25)27-22-8-5-9-23(24-22)28-19-11-13-21(26)17(15-19)7-4-2/h3-5,8-15,25-26H,1-2,6-7H2. The fraction of sp³-hybridized carbons (Fsp3) is 0.0870. The Balaban J connectivity index is 1.77. The molecular formula is C23H21NO4. The summed E-state index contributed by atoms with van der Waals surface area (Å²) in [6.07, 6.45) is 4.49. The van der Waals surface area contributed by atoms with Crippen LogP contribution in [0, 0.1) is 0 Å². The molecule has 0 fully saturated rings. The van der Waals surface area contributed by atoms with E-state index in [0.717, 1.165) is 11.1 Å². The maximum Gasteiger partial charge on any atom is 0.222 e. The molecule has 3 aromatic rings. The van der Waals surface area contributed by atoms with Crippen molar-refractivity contribution in [2.75, 3.05) is 0 Å². The summed E-state index contributed by atoms with van der Waals surface area (Å²) < 4.78 is 11.6. The van der Waals surface area contributed by atoms with Gasteiger partial charge in [-0.15, -0.1) is 13.2 Å². The number of aromatic nitrogens is 1. The van der Waals surface area contributed by atoms with E-state index in [1.54, 1.807) is 66.7 Å². The molecule has 28 heavy (non-hydrogen) atoms. The van der Waals surface area contributed by atoms with E-state index in [0.29, 0.717) is 36.1 Å². The third-order valence-electron chi connectivity index (χ3n) is 3.97. The summed E-state index contributed by atoms with van der Waals surface area (Å²) >= 11 is 0. The summed E-state index contributed by atoms with van der Waals surface area (Å²) in [6, 6.07) is 15.2. The largest absolute Gasteiger partial charge is 0.508 e. The fourth-order valence-electron chi connectivity index (χ4n) is 2.64. The van der Waals surface area contributed by atoms with Gasteiger partial charge in [0.25, 0.3) is 0 Å². The fourth-order valence-corrected chi connectivity index (χ4v) is 2.64. The van der Waals surface area contributed by atoms with Crippen molar-refractivity contribution in [3.63, 3.8) is 0 Å². The highest BCUT2D eigenvalue weighted by Gasteiger charge is 2.08. The van der Waals surface area contributed by atoms with Gasteiger partial charge in [0, 0.05) is 23.3 Å². The summed E-state index contributed by atoms with van der Waals surface area (Å²) in [5.41, 5.74) is 1.44. The molecule has 0 aliphatic rings. The lowest BCUT2D eigenvalue weighted by atomic mass is 10.1. The van der Waals surface area contributed by atoms with Gasteiger partial charge < -0.3 is 19.7 Å². The Kier molecular flexibility index (Phi) is 5.97. The molecule has 2 N–H and O–H groups in total. The van der Waals surface area contributed by atoms with Crippen LogP contribution >= 0.6 is 0 Å². The van der Waals surface area contributed by atoms with Gasteiger partial charge in [0.1, 0.15) is 23.0 Å². The van der Waals surface area contributed by atoms with Gasteiger partial charge in [-0.05, 0) is 49.2 Å². The van der Waals surface area contributed by atoms with Gasteiger partial charge in [-0.1, -0.05) is 18.2 Å². The first-order valence-electron chi connectivity index (χ1n) is 8.77. The van der Waals surface area contributed by atoms with Crippen molar-refractivity contribution < 1.29 is 19.7 Å². The summed E-state index contributed by atoms with van der Waals surface area (Å²) in [6.45, 7) is 7.37. The zero-order chi connectivity index (χ0) is 19.9. The molecule has 2 aromatic carbocycles. The number of rotatable bonds is 8. The van der Waals surface area contributed by atoms with Gasteiger partial charge in [-0.3, -0.25) is 0 Å². The molecule has 1 heterocycles. The topological polar surface area (TPSA) is 71.8 Å². The number of pyridine rings is 1. The van der Waals surface area contributed by atoms with E-state index in [2.05, 4.69) is 18.1 Å². The second-order valence-corrected chi connectivity index (χ2v) is 6.08. The molecule has 0 spiro atoms. The second kappa shape index (κ2) is 8.77. The molecule has 1 aromatic heterocycles. The van der Waals surface area contributed by atoms with Crippen LogP contribution in [0.15, 0.2) is 79.9 Å². The second-order valence-electron chi connectivity index (χ2n) is 6.08. The van der Waals surface area contributed by atoms with E-state index in [-0.39, 0.29) is 11.5 Å². The molecule has 0 atom stereocenters. The van der Waals surface area contributed by atoms with Crippen molar-refractivity contribution in [1.82, 2.24) is 4.98 Å². The monoisotopic (exact) mass is 375 g/mol. The minimum absolute atomic E-state index is 0.194. The van der Waals surface area contributed by atoms with Crippen LogP contribution in [0.25, 0.3) is 0 Å². The Hall–Kier alpha value is -3.73. The van der Waals surface area contributed by atoms with Gasteiger partial charge in [0.05, 0.1) is 0 Å². The summed E-state index contributed by atoms with van der Waals surface area (Å²) in [5, 5.41) is 19.7. The summed E-state index contributed by atoms with van der Waals surface area (Å²) in [5.74, 6) is 2.21. The van der Waals surface area contributed by atoms with Crippen LogP contribution in [-0.4, -0.2) is 15.2 Å². The molecule has 0 aliphatic carbocycles. The predicted octanol–water partition coefficient (Wildman–Crippen LogP) is 5.53. The third-order valence-corrected chi connectivity index (χ3v) is 3.97. The normalized spacial score (nSPS) is 10.3. The van der Waals surface area contributed by atoms with E-state index >= 15 is 0 Å². The Labute approximate surface area is 163 Å². The Morgan fingerprint density at radius 1 is 0.750 bits per heavy atom. The Bertz CT molecular complexity index is 921. The maximum absolute atomic E-state index is 9.86. The molecule has 5 nitrogen and oxygen atoms in total. The molecule has 0 saturated carbocycles. The molecule has 142 valence electrons. The number of phenolic OH excluding ortho intramolecular Hbond substituents is 2. The number of aromatic hydroxyl groups is 2. The number of hydrogen-bond acceptors (Lipinski definition) is 5. The van der Waals surface area contributed by atoms with E-state index in [4.69, 9.17) is 9.47 Å². The predicted molar refractivity (Wildman–Crippen MR) is 108 cm³/mol. The van der Waals surface area contributed by atoms with Crippen molar-refractivity contribution in [3.05, 3.63) is 91.0 Å². The van der Waals surface area contributed by atoms with Crippen LogP contribution in [0.5, 0.6) is 34.8 Å². The minimum Gasteiger partial charge on any atom is -0.508 e. The number of nitrogens with zero attached hydrogens (tertiary/aromatic N) is 1. The number of phenols is 2. The van der Waals surface area contributed by atoms with Crippen LogP contribution in [0.1, 0.15) is 11.1 Å². The smallest absolute Gasteiger partial charge is 0.222 e. The molecule has 0 amide bonds. The zero-order valence-electron chi connectivity index (χ0n) is 15.3. The average Bonchev–Trinajstić information content (AvgIpc) is 2.68. The average molecular weight is 375 g/mol. The van der Waals surface area contributed by atoms with Crippen molar-refractivity contribution >= 4 is 0 Å². The number of hydrogen-bond donors (Lipinski definition) is 2. The highest BCUT2D eigenvalue weighted by Crippen LogP contribution is 2.30. The first-order valence-corrected chi connectivity index (χ1v) is 8.77. The summed E-state index contributed by atoms with van der Waals surface area (Å²) in [4.78, 5) is 4.35. The molecule has 0 bridgehead atoms. The zero-order valence-corrected chi connectivity index (χ0v) is 15.3. The SMILES string of the molecule is C=CCc1cc(Oc2cccc(Oc3ccc(O)c(CC=C)c3)n2)ccc1O. The highest BCUT2D eigenvalue weighted by atomic mass is 16.5. The molecule has 0 radical (unpaired) electrons. The van der Waals surface area contributed by atoms with Crippen molar-refractivity contribution in [3.8, 4) is 34.8 Å². The maximum atomic E-state index is 9.86. The first kappa shape index (κ1) is 19.0. The lowest BCUT2D eigenvalue weighted by molar-refractivity contribution is 0.421. The van der Waals surface area contributed by atoms with Gasteiger partial charge in [-0.2, -0.15) is 4.98 Å². The lowest BCUT2D eigenvalue weighted by Gasteiger charge is -2.10. The van der Waals surface area contributed by atoms with Gasteiger partial charge >= 0.3 is 0 Å². The lowest BCUT2D eigenvalue weighted by Crippen LogP contribution is -1.93. The van der Waals surface area contributed by atoms with Gasteiger partial charge in [0.15, 0.2) is 0 Å². The van der Waals surface area contributed by atoms with Crippen LogP contribution < -0.4 is 9.47 Å². The van der Waals surface area contributed by atoms with E-state index in [1.807, 2.05) is 0 Å². The van der Waals surface area contributed by atoms with E-state index in [1.165, 1.54) is 0 Å². The first-order chi connectivity index (χ1) is 13.6. The molecule has 0 unspecified atom stereocenters. The number of ether oxygens (including phenoxy) is 2. The van der Waals surface area contributed by atoms with Gasteiger partial charge in [-0.25, -0.2) is 0 Å². The van der Waals surface area contributed by atoms with Crippen LogP contribution in [-0.2, 0) is 12.8 Å². The van der Waals surface area contributed by atoms with E-state index < -0.39 is 0 Å². The van der Waals surface area contributed by atoms with Crippen LogP contribution in [0.4, 0.5) is 0 Å². The molecule has 0 aliphatic heterocycles. The molecular weight excluding hydrogens is 354 g/mol. The molecule has 0 saturated heterocycles. The van der Waals surface area contributed by atoms with Gasteiger partial charge in [0.2, 0.25) is 11.8 Å². The van der Waals surface area contributed by atoms with E-state index in [9.17, 15) is 10.2 Å². The van der Waals surface area contributed by atoms with Crippen molar-refractivity contribution in [2.24, 2.45) is 0 Å². The molecule has 3 rings (SSSR count). The van der Waals surface area contributed by atoms with Crippen molar-refractivity contribution in [2.45, 2.75) is 12.8 Å². The Morgan fingerprint density at radius 2 is 1.21 bits per heavy atom. The minimum atomic E-state index is 0.194. The third kappa shape index (κ3) is 4.71. The highest BCUT2D eigenvalue weighted by molar-refractivity contribution is 5.43. The van der Waals surface area contributed by atoms with Crippen LogP contribution in [0.2, 0.25) is 0 Å². The van der Waals surface area contributed by atoms with Crippen LogP contribution in [0.3, 0.4) is 0 Å². The number of benzene rings is 2. The summed E-state index contributed by atoms with van der Waals surface area (Å²) in [7, 11) is 0.